The number of fused-ring (bicyclic) bond motifs is 2. The lowest BCUT2D eigenvalue weighted by Crippen LogP contribution is -2.55. The van der Waals surface area contributed by atoms with Gasteiger partial charge in [-0.25, -0.2) is 0 Å². The van der Waals surface area contributed by atoms with E-state index in [4.69, 9.17) is 9.47 Å². The van der Waals surface area contributed by atoms with Crippen molar-refractivity contribution in [3.8, 4) is 0 Å². The van der Waals surface area contributed by atoms with Crippen LogP contribution in [0.2, 0.25) is 0 Å². The van der Waals surface area contributed by atoms with Crippen molar-refractivity contribution < 1.29 is 33.4 Å². The molecule has 3 amide bonds. The molecule has 212 valence electrons. The highest BCUT2D eigenvalue weighted by atomic mass is 32.2. The fourth-order valence-electron chi connectivity index (χ4n) is 4.59. The van der Waals surface area contributed by atoms with Crippen molar-refractivity contribution in [2.24, 2.45) is 0 Å². The van der Waals surface area contributed by atoms with Gasteiger partial charge in [-0.2, -0.15) is 0 Å². The molecule has 0 fully saturated rings. The number of carbonyl (C=O) groups excluding carboxylic acids is 5. The Morgan fingerprint density at radius 1 is 1.00 bits per heavy atom. The average Bonchev–Trinajstić information content (AvgIpc) is 3.06. The minimum absolute atomic E-state index is 0.0394. The Bertz CT molecular complexity index is 1290. The summed E-state index contributed by atoms with van der Waals surface area (Å²) in [6.07, 6.45) is 0.0394. The zero-order valence-electron chi connectivity index (χ0n) is 23.0. The summed E-state index contributed by atoms with van der Waals surface area (Å²) in [5, 5.41) is 3.10. The Morgan fingerprint density at radius 3 is 2.25 bits per heavy atom. The molecule has 0 saturated heterocycles. The van der Waals surface area contributed by atoms with Gasteiger partial charge in [0.15, 0.2) is 0 Å². The summed E-state index contributed by atoms with van der Waals surface area (Å²) in [6.45, 7) is 6.70. The zero-order chi connectivity index (χ0) is 29.0. The van der Waals surface area contributed by atoms with Gasteiger partial charge in [-0.1, -0.05) is 24.3 Å². The quantitative estimate of drug-likeness (QED) is 0.360. The summed E-state index contributed by atoms with van der Waals surface area (Å²) >= 11 is 1.42. The van der Waals surface area contributed by atoms with Crippen LogP contribution in [0.4, 0.5) is 5.69 Å². The first-order chi connectivity index (χ1) is 19.0. The number of hydrogen-bond acceptors (Lipinski definition) is 9. The number of anilines is 1. The SMILES string of the molecule is CCOC(=O)[C@H](CCN1C(=O)c2ccccc2C1=O)N[C@H]1CSc2ccccc2N(CC(=O)OC(C)(C)C)C1=O. The summed E-state index contributed by atoms with van der Waals surface area (Å²) in [5.41, 5.74) is 0.487. The lowest BCUT2D eigenvalue weighted by Gasteiger charge is -2.29. The van der Waals surface area contributed by atoms with Gasteiger partial charge in [-0.15, -0.1) is 11.8 Å². The van der Waals surface area contributed by atoms with E-state index >= 15 is 0 Å². The van der Waals surface area contributed by atoms with E-state index in [-0.39, 0.29) is 31.9 Å². The van der Waals surface area contributed by atoms with Crippen molar-refractivity contribution in [3.63, 3.8) is 0 Å². The molecule has 0 bridgehead atoms. The number of para-hydroxylation sites is 1. The van der Waals surface area contributed by atoms with Crippen molar-refractivity contribution in [2.75, 3.05) is 30.3 Å². The van der Waals surface area contributed by atoms with E-state index in [2.05, 4.69) is 5.32 Å². The normalized spacial score (nSPS) is 17.7. The Morgan fingerprint density at radius 2 is 1.62 bits per heavy atom. The molecule has 2 heterocycles. The number of carbonyl (C=O) groups is 5. The number of ether oxygens (including phenoxy) is 2. The molecule has 4 rings (SSSR count). The number of thioether (sulfide) groups is 1. The molecule has 2 atom stereocenters. The number of nitrogens with one attached hydrogen (secondary N) is 1. The summed E-state index contributed by atoms with van der Waals surface area (Å²) in [6, 6.07) is 12.0. The molecule has 2 aliphatic heterocycles. The lowest BCUT2D eigenvalue weighted by atomic mass is 10.1. The average molecular weight is 568 g/mol. The zero-order valence-corrected chi connectivity index (χ0v) is 23.8. The van der Waals surface area contributed by atoms with Crippen molar-refractivity contribution in [2.45, 2.75) is 56.7 Å². The van der Waals surface area contributed by atoms with Gasteiger partial charge in [-0.3, -0.25) is 39.1 Å². The minimum Gasteiger partial charge on any atom is -0.465 e. The number of amides is 3. The lowest BCUT2D eigenvalue weighted by molar-refractivity contribution is -0.154. The third kappa shape index (κ3) is 6.53. The molecule has 0 unspecified atom stereocenters. The predicted octanol–water partition coefficient (Wildman–Crippen LogP) is 3.04. The van der Waals surface area contributed by atoms with Crippen LogP contribution in [0.15, 0.2) is 53.4 Å². The van der Waals surface area contributed by atoms with Crippen LogP contribution < -0.4 is 10.2 Å². The highest BCUT2D eigenvalue weighted by Crippen LogP contribution is 2.34. The maximum atomic E-state index is 13.8. The standard InChI is InChI=1S/C29H33N3O7S/c1-5-38-28(37)20(14-15-31-25(34)18-10-6-7-11-19(18)26(31)35)30-21-17-40-23-13-9-8-12-22(23)32(27(21)36)16-24(33)39-29(2,3)4/h6-13,20-21,30H,5,14-17H2,1-4H3/t20-,21-/m0/s1. The molecule has 0 aliphatic carbocycles. The first kappa shape index (κ1) is 29.3. The van der Waals surface area contributed by atoms with Crippen LogP contribution in [-0.2, 0) is 23.9 Å². The summed E-state index contributed by atoms with van der Waals surface area (Å²) in [7, 11) is 0. The molecular weight excluding hydrogens is 534 g/mol. The fourth-order valence-corrected chi connectivity index (χ4v) is 5.68. The molecule has 2 aromatic carbocycles. The third-order valence-corrected chi connectivity index (χ3v) is 7.48. The second-order valence-electron chi connectivity index (χ2n) is 10.4. The summed E-state index contributed by atoms with van der Waals surface area (Å²) < 4.78 is 10.7. The van der Waals surface area contributed by atoms with Gasteiger partial charge in [-0.05, 0) is 58.4 Å². The van der Waals surface area contributed by atoms with Gasteiger partial charge in [0.25, 0.3) is 11.8 Å². The Balaban J connectivity index is 1.53. The van der Waals surface area contributed by atoms with Crippen molar-refractivity contribution >= 4 is 47.1 Å². The second kappa shape index (κ2) is 12.2. The van der Waals surface area contributed by atoms with E-state index in [1.807, 2.05) is 12.1 Å². The summed E-state index contributed by atoms with van der Waals surface area (Å²) in [5.74, 6) is -2.14. The topological polar surface area (TPSA) is 122 Å². The smallest absolute Gasteiger partial charge is 0.326 e. The van der Waals surface area contributed by atoms with E-state index in [1.165, 1.54) is 16.7 Å². The molecule has 2 aromatic rings. The van der Waals surface area contributed by atoms with Crippen LogP contribution in [0, 0.1) is 0 Å². The van der Waals surface area contributed by atoms with Crippen LogP contribution in [0.5, 0.6) is 0 Å². The molecule has 0 spiro atoms. The molecule has 1 N–H and O–H groups in total. The van der Waals surface area contributed by atoms with Crippen molar-refractivity contribution in [1.29, 1.82) is 0 Å². The van der Waals surface area contributed by atoms with Gasteiger partial charge >= 0.3 is 11.9 Å². The van der Waals surface area contributed by atoms with E-state index < -0.39 is 47.3 Å². The van der Waals surface area contributed by atoms with Crippen LogP contribution in [0.3, 0.4) is 0 Å². The van der Waals surface area contributed by atoms with Gasteiger partial charge in [0.2, 0.25) is 5.91 Å². The van der Waals surface area contributed by atoms with Gasteiger partial charge in [0.05, 0.1) is 29.5 Å². The van der Waals surface area contributed by atoms with E-state index in [9.17, 15) is 24.0 Å². The van der Waals surface area contributed by atoms with Crippen molar-refractivity contribution in [1.82, 2.24) is 10.2 Å². The largest absolute Gasteiger partial charge is 0.465 e. The maximum Gasteiger partial charge on any atom is 0.326 e. The van der Waals surface area contributed by atoms with Crippen LogP contribution >= 0.6 is 11.8 Å². The maximum absolute atomic E-state index is 13.8. The molecule has 10 nitrogen and oxygen atoms in total. The fraction of sp³-hybridized carbons (Fsp3) is 0.414. The Hall–Kier alpha value is -3.70. The molecule has 0 saturated carbocycles. The monoisotopic (exact) mass is 567 g/mol. The summed E-state index contributed by atoms with van der Waals surface area (Å²) in [4.78, 5) is 68.4. The van der Waals surface area contributed by atoms with E-state index in [0.717, 1.165) is 9.80 Å². The van der Waals surface area contributed by atoms with Crippen molar-refractivity contribution in [3.05, 3.63) is 59.7 Å². The highest BCUT2D eigenvalue weighted by molar-refractivity contribution is 7.99. The molecule has 0 radical (unpaired) electrons. The van der Waals surface area contributed by atoms with E-state index in [1.54, 1.807) is 64.1 Å². The molecule has 2 aliphatic rings. The number of esters is 2. The number of hydrogen-bond donors (Lipinski definition) is 1. The Labute approximate surface area is 237 Å². The first-order valence-corrected chi connectivity index (χ1v) is 14.1. The number of rotatable bonds is 9. The molecule has 11 heteroatoms. The number of benzene rings is 2. The Kier molecular flexibility index (Phi) is 8.95. The van der Waals surface area contributed by atoms with Crippen LogP contribution in [-0.4, -0.2) is 77.7 Å². The second-order valence-corrected chi connectivity index (χ2v) is 11.5. The van der Waals surface area contributed by atoms with Crippen LogP contribution in [0.25, 0.3) is 0 Å². The van der Waals surface area contributed by atoms with Gasteiger partial charge < -0.3 is 9.47 Å². The highest BCUT2D eigenvalue weighted by Gasteiger charge is 2.38. The van der Waals surface area contributed by atoms with Crippen LogP contribution in [0.1, 0.15) is 54.8 Å². The number of imide groups is 1. The van der Waals surface area contributed by atoms with Gasteiger partial charge in [0, 0.05) is 17.2 Å². The minimum atomic E-state index is -0.983. The molecule has 40 heavy (non-hydrogen) atoms. The first-order valence-electron chi connectivity index (χ1n) is 13.1. The number of nitrogens with zero attached hydrogens (tertiary/aromatic N) is 2. The van der Waals surface area contributed by atoms with Gasteiger partial charge in [0.1, 0.15) is 18.2 Å². The van der Waals surface area contributed by atoms with E-state index in [0.29, 0.717) is 16.8 Å². The molecular formula is C29H33N3O7S. The predicted molar refractivity (Wildman–Crippen MR) is 149 cm³/mol. The molecule has 0 aromatic heterocycles. The third-order valence-electron chi connectivity index (χ3n) is 6.33.